The maximum absolute atomic E-state index is 12.2. The number of aliphatic hydroxyl groups excluding tert-OH is 1. The minimum Gasteiger partial charge on any atom is -0.491 e. The van der Waals surface area contributed by atoms with Gasteiger partial charge in [0.25, 0.3) is 0 Å². The van der Waals surface area contributed by atoms with Crippen molar-refractivity contribution >= 4 is 11.7 Å². The monoisotopic (exact) mass is 327 g/mol. The number of hydrogen-bond acceptors (Lipinski definition) is 4. The number of amides is 2. The molecule has 0 radical (unpaired) electrons. The van der Waals surface area contributed by atoms with Gasteiger partial charge in [-0.25, -0.2) is 4.79 Å². The second kappa shape index (κ2) is 7.79. The summed E-state index contributed by atoms with van der Waals surface area (Å²) >= 11 is 0. The predicted octanol–water partition coefficient (Wildman–Crippen LogP) is 2.30. The molecule has 6 heteroatoms. The van der Waals surface area contributed by atoms with Crippen LogP contribution >= 0.6 is 0 Å². The van der Waals surface area contributed by atoms with Gasteiger partial charge in [0.1, 0.15) is 5.75 Å². The van der Waals surface area contributed by atoms with Crippen LogP contribution in [0.3, 0.4) is 0 Å². The number of likely N-dealkylation sites (tertiary alicyclic amines) is 1. The predicted molar refractivity (Wildman–Crippen MR) is 91.1 cm³/mol. The largest absolute Gasteiger partial charge is 0.491 e. The van der Waals surface area contributed by atoms with E-state index in [0.29, 0.717) is 44.0 Å². The van der Waals surface area contributed by atoms with Gasteiger partial charge in [-0.2, -0.15) is 0 Å². The summed E-state index contributed by atoms with van der Waals surface area (Å²) in [6, 6.07) is 12.9. The third kappa shape index (κ3) is 4.23. The van der Waals surface area contributed by atoms with Crippen LogP contribution in [0.1, 0.15) is 12.1 Å². The number of pyridine rings is 1. The van der Waals surface area contributed by atoms with Crippen molar-refractivity contribution in [2.24, 2.45) is 0 Å². The summed E-state index contributed by atoms with van der Waals surface area (Å²) in [5.41, 5.74) is 1.59. The number of ether oxygens (including phenoxy) is 1. The number of rotatable bonds is 5. The van der Waals surface area contributed by atoms with E-state index in [9.17, 15) is 9.90 Å². The molecule has 2 amide bonds. The van der Waals surface area contributed by atoms with Crippen LogP contribution in [0.25, 0.3) is 0 Å². The second-order valence-electron chi connectivity index (χ2n) is 5.73. The van der Waals surface area contributed by atoms with Crippen molar-refractivity contribution in [3.05, 3.63) is 54.4 Å². The zero-order chi connectivity index (χ0) is 16.8. The first-order chi connectivity index (χ1) is 11.7. The molecule has 0 aliphatic carbocycles. The van der Waals surface area contributed by atoms with Gasteiger partial charge in [-0.1, -0.05) is 18.2 Å². The number of urea groups is 1. The molecule has 24 heavy (non-hydrogen) atoms. The molecule has 1 aromatic carbocycles. The summed E-state index contributed by atoms with van der Waals surface area (Å²) in [7, 11) is 0. The Labute approximate surface area is 141 Å². The molecule has 0 spiro atoms. The molecule has 0 unspecified atom stereocenters. The molecule has 0 bridgehead atoms. The standard InChI is InChI=1S/C18H21N3O3/c22-15-8-11-21(13-15)18(23)20-16-6-1-2-7-17(16)24-12-9-14-5-3-4-10-19-14/h1-7,10,15,22H,8-9,11-13H2,(H,20,23)/t15-/m1/s1. The van der Waals surface area contributed by atoms with Gasteiger partial charge in [-0.15, -0.1) is 0 Å². The molecular formula is C18H21N3O3. The minimum absolute atomic E-state index is 0.215. The average molecular weight is 327 g/mol. The zero-order valence-corrected chi connectivity index (χ0v) is 13.4. The fourth-order valence-corrected chi connectivity index (χ4v) is 2.63. The molecule has 1 aromatic heterocycles. The summed E-state index contributed by atoms with van der Waals surface area (Å²) in [6.45, 7) is 1.41. The van der Waals surface area contributed by atoms with Gasteiger partial charge in [-0.05, 0) is 30.7 Å². The van der Waals surface area contributed by atoms with E-state index in [1.54, 1.807) is 17.2 Å². The quantitative estimate of drug-likeness (QED) is 0.884. The van der Waals surface area contributed by atoms with Gasteiger partial charge >= 0.3 is 6.03 Å². The van der Waals surface area contributed by atoms with Crippen LogP contribution in [-0.2, 0) is 6.42 Å². The van der Waals surface area contributed by atoms with E-state index in [1.165, 1.54) is 0 Å². The SMILES string of the molecule is O=C(Nc1ccccc1OCCc1ccccn1)N1CC[C@@H](O)C1. The maximum atomic E-state index is 12.2. The Morgan fingerprint density at radius 2 is 2.12 bits per heavy atom. The van der Waals surface area contributed by atoms with Crippen LogP contribution in [0, 0.1) is 0 Å². The number of nitrogens with one attached hydrogen (secondary N) is 1. The van der Waals surface area contributed by atoms with Crippen molar-refractivity contribution < 1.29 is 14.6 Å². The lowest BCUT2D eigenvalue weighted by Crippen LogP contribution is -2.33. The zero-order valence-electron chi connectivity index (χ0n) is 13.4. The van der Waals surface area contributed by atoms with E-state index in [2.05, 4.69) is 10.3 Å². The fraction of sp³-hybridized carbons (Fsp3) is 0.333. The highest BCUT2D eigenvalue weighted by Gasteiger charge is 2.24. The van der Waals surface area contributed by atoms with Crippen LogP contribution in [0.4, 0.5) is 10.5 Å². The molecule has 1 fully saturated rings. The number of benzene rings is 1. The van der Waals surface area contributed by atoms with Crippen LogP contribution in [-0.4, -0.2) is 46.8 Å². The molecule has 0 saturated carbocycles. The van der Waals surface area contributed by atoms with E-state index in [-0.39, 0.29) is 6.03 Å². The number of aliphatic hydroxyl groups is 1. The number of para-hydroxylation sites is 2. The summed E-state index contributed by atoms with van der Waals surface area (Å²) in [5, 5.41) is 12.4. The first-order valence-corrected chi connectivity index (χ1v) is 8.08. The third-order valence-electron chi connectivity index (χ3n) is 3.92. The van der Waals surface area contributed by atoms with Crippen molar-refractivity contribution in [3.8, 4) is 5.75 Å². The fourth-order valence-electron chi connectivity index (χ4n) is 2.63. The molecule has 2 heterocycles. The van der Waals surface area contributed by atoms with Crippen LogP contribution < -0.4 is 10.1 Å². The molecule has 2 N–H and O–H groups in total. The number of β-amino-alcohol motifs (C(OH)–C–C–N with tert-alkyl or cyclic N) is 1. The molecule has 1 atom stereocenters. The molecule has 2 aromatic rings. The van der Waals surface area contributed by atoms with Crippen molar-refractivity contribution in [2.45, 2.75) is 18.9 Å². The van der Waals surface area contributed by atoms with E-state index < -0.39 is 6.10 Å². The van der Waals surface area contributed by atoms with Crippen molar-refractivity contribution in [3.63, 3.8) is 0 Å². The van der Waals surface area contributed by atoms with Crippen molar-refractivity contribution in [2.75, 3.05) is 25.0 Å². The number of carbonyl (C=O) groups is 1. The summed E-state index contributed by atoms with van der Waals surface area (Å²) in [5.74, 6) is 0.626. The highest BCUT2D eigenvalue weighted by molar-refractivity contribution is 5.91. The van der Waals surface area contributed by atoms with E-state index in [4.69, 9.17) is 4.74 Å². The van der Waals surface area contributed by atoms with E-state index in [1.807, 2.05) is 36.4 Å². The smallest absolute Gasteiger partial charge is 0.322 e. The molecular weight excluding hydrogens is 306 g/mol. The molecule has 126 valence electrons. The normalized spacial score (nSPS) is 16.9. The highest BCUT2D eigenvalue weighted by atomic mass is 16.5. The summed E-state index contributed by atoms with van der Waals surface area (Å²) in [6.07, 6.45) is 2.64. The van der Waals surface area contributed by atoms with Crippen molar-refractivity contribution in [1.29, 1.82) is 0 Å². The van der Waals surface area contributed by atoms with Crippen molar-refractivity contribution in [1.82, 2.24) is 9.88 Å². The molecule has 1 aliphatic heterocycles. The Bertz CT molecular complexity index is 678. The Hall–Kier alpha value is -2.60. The van der Waals surface area contributed by atoms with Crippen LogP contribution in [0.15, 0.2) is 48.7 Å². The highest BCUT2D eigenvalue weighted by Crippen LogP contribution is 2.24. The average Bonchev–Trinajstić information content (AvgIpc) is 3.04. The van der Waals surface area contributed by atoms with Gasteiger partial charge in [0.05, 0.1) is 18.4 Å². The van der Waals surface area contributed by atoms with Crippen LogP contribution in [0.5, 0.6) is 5.75 Å². The molecule has 3 rings (SSSR count). The third-order valence-corrected chi connectivity index (χ3v) is 3.92. The number of aromatic nitrogens is 1. The first kappa shape index (κ1) is 16.3. The maximum Gasteiger partial charge on any atom is 0.322 e. The lowest BCUT2D eigenvalue weighted by molar-refractivity contribution is 0.176. The number of carbonyl (C=O) groups excluding carboxylic acids is 1. The van der Waals surface area contributed by atoms with Gasteiger partial charge in [-0.3, -0.25) is 4.98 Å². The molecule has 1 aliphatic rings. The Kier molecular flexibility index (Phi) is 5.28. The lowest BCUT2D eigenvalue weighted by Gasteiger charge is -2.18. The number of hydrogen-bond donors (Lipinski definition) is 2. The number of nitrogens with zero attached hydrogens (tertiary/aromatic N) is 2. The number of anilines is 1. The Morgan fingerprint density at radius 3 is 2.88 bits per heavy atom. The van der Waals surface area contributed by atoms with E-state index in [0.717, 1.165) is 5.69 Å². The minimum atomic E-state index is -0.430. The second-order valence-corrected chi connectivity index (χ2v) is 5.73. The summed E-state index contributed by atoms with van der Waals surface area (Å²) < 4.78 is 5.80. The van der Waals surface area contributed by atoms with Gasteiger partial charge < -0.3 is 20.1 Å². The molecule has 6 nitrogen and oxygen atoms in total. The molecule has 1 saturated heterocycles. The Balaban J connectivity index is 1.57. The first-order valence-electron chi connectivity index (χ1n) is 8.08. The van der Waals surface area contributed by atoms with Gasteiger partial charge in [0, 0.05) is 31.4 Å². The van der Waals surface area contributed by atoms with Crippen LogP contribution in [0.2, 0.25) is 0 Å². The van der Waals surface area contributed by atoms with E-state index >= 15 is 0 Å². The van der Waals surface area contributed by atoms with Gasteiger partial charge in [0.2, 0.25) is 0 Å². The topological polar surface area (TPSA) is 74.7 Å². The lowest BCUT2D eigenvalue weighted by atomic mass is 10.2. The summed E-state index contributed by atoms with van der Waals surface area (Å²) in [4.78, 5) is 18.1. The van der Waals surface area contributed by atoms with Gasteiger partial charge in [0.15, 0.2) is 0 Å². The Morgan fingerprint density at radius 1 is 1.29 bits per heavy atom.